The van der Waals surface area contributed by atoms with Crippen LogP contribution in [0, 0.1) is 0 Å². The number of nitrogens with one attached hydrogen (secondary N) is 2. The van der Waals surface area contributed by atoms with Crippen molar-refractivity contribution < 1.29 is 13.2 Å². The Balaban J connectivity index is 1.92. The molecule has 0 heterocycles. The first-order valence-corrected chi connectivity index (χ1v) is 9.64. The summed E-state index contributed by atoms with van der Waals surface area (Å²) in [6, 6.07) is 15.4. The maximum absolute atomic E-state index is 12.1. The molecule has 0 saturated carbocycles. The number of carbonyl (C=O) groups is 1. The predicted octanol–water partition coefficient (Wildman–Crippen LogP) is 2.45. The van der Waals surface area contributed by atoms with Crippen LogP contribution in [0.1, 0.15) is 13.8 Å². The van der Waals surface area contributed by atoms with Gasteiger partial charge in [-0.1, -0.05) is 18.2 Å². The molecule has 7 heteroatoms. The molecule has 134 valence electrons. The number of amides is 1. The second-order valence-corrected chi connectivity index (χ2v) is 7.17. The van der Waals surface area contributed by atoms with Gasteiger partial charge in [0.1, 0.15) is 0 Å². The minimum atomic E-state index is -3.69. The second kappa shape index (κ2) is 8.64. The topological polar surface area (TPSA) is 78.5 Å². The van der Waals surface area contributed by atoms with E-state index in [1.54, 1.807) is 30.3 Å². The molecule has 1 amide bonds. The van der Waals surface area contributed by atoms with Crippen molar-refractivity contribution in [3.8, 4) is 0 Å². The number of carbonyl (C=O) groups excluding carboxylic acids is 1. The van der Waals surface area contributed by atoms with Gasteiger partial charge < -0.3 is 10.2 Å². The van der Waals surface area contributed by atoms with Crippen LogP contribution in [0.25, 0.3) is 0 Å². The van der Waals surface area contributed by atoms with Gasteiger partial charge in [0.2, 0.25) is 15.9 Å². The van der Waals surface area contributed by atoms with Crippen molar-refractivity contribution in [1.29, 1.82) is 0 Å². The highest BCUT2D eigenvalue weighted by atomic mass is 32.2. The Bertz CT molecular complexity index is 786. The zero-order valence-electron chi connectivity index (χ0n) is 14.4. The summed E-state index contributed by atoms with van der Waals surface area (Å²) in [5.74, 6) is -0.421. The van der Waals surface area contributed by atoms with Gasteiger partial charge in [0.15, 0.2) is 0 Å². The van der Waals surface area contributed by atoms with Crippen LogP contribution in [0.5, 0.6) is 0 Å². The smallest absolute Gasteiger partial charge is 0.241 e. The molecular formula is C18H23N3O3S. The fraction of sp³-hybridized carbons (Fsp3) is 0.278. The maximum Gasteiger partial charge on any atom is 0.241 e. The largest absolute Gasteiger partial charge is 0.372 e. The number of hydrogen-bond donors (Lipinski definition) is 2. The van der Waals surface area contributed by atoms with E-state index in [9.17, 15) is 13.2 Å². The van der Waals surface area contributed by atoms with Crippen molar-refractivity contribution in [1.82, 2.24) is 4.72 Å². The van der Waals surface area contributed by atoms with E-state index in [4.69, 9.17) is 0 Å². The lowest BCUT2D eigenvalue weighted by Gasteiger charge is -2.21. The van der Waals surface area contributed by atoms with Crippen molar-refractivity contribution in [2.75, 3.05) is 29.9 Å². The van der Waals surface area contributed by atoms with Crippen molar-refractivity contribution >= 4 is 27.3 Å². The minimum Gasteiger partial charge on any atom is -0.372 e. The van der Waals surface area contributed by atoms with Crippen molar-refractivity contribution in [3.05, 3.63) is 54.6 Å². The monoisotopic (exact) mass is 361 g/mol. The van der Waals surface area contributed by atoms with Crippen molar-refractivity contribution in [2.45, 2.75) is 18.7 Å². The molecule has 2 rings (SSSR count). The molecule has 2 aromatic carbocycles. The average molecular weight is 361 g/mol. The molecular weight excluding hydrogens is 338 g/mol. The zero-order valence-corrected chi connectivity index (χ0v) is 15.2. The first kappa shape index (κ1) is 19.0. The van der Waals surface area contributed by atoms with Gasteiger partial charge in [-0.25, -0.2) is 13.1 Å². The van der Waals surface area contributed by atoms with E-state index in [2.05, 4.69) is 28.8 Å². The van der Waals surface area contributed by atoms with E-state index in [0.29, 0.717) is 5.69 Å². The summed E-state index contributed by atoms with van der Waals surface area (Å²) < 4.78 is 26.5. The Hall–Kier alpha value is -2.38. The van der Waals surface area contributed by atoms with Gasteiger partial charge in [-0.3, -0.25) is 4.79 Å². The molecule has 0 saturated heterocycles. The summed E-state index contributed by atoms with van der Waals surface area (Å²) in [4.78, 5) is 14.3. The summed E-state index contributed by atoms with van der Waals surface area (Å²) in [7, 11) is -3.69. The Morgan fingerprint density at radius 2 is 1.56 bits per heavy atom. The van der Waals surface area contributed by atoms with Crippen LogP contribution < -0.4 is 14.9 Å². The van der Waals surface area contributed by atoms with Gasteiger partial charge >= 0.3 is 0 Å². The molecule has 0 fully saturated rings. The number of benzene rings is 2. The van der Waals surface area contributed by atoms with Crippen molar-refractivity contribution in [3.63, 3.8) is 0 Å². The predicted molar refractivity (Wildman–Crippen MR) is 100 cm³/mol. The average Bonchev–Trinajstić information content (AvgIpc) is 2.63. The summed E-state index contributed by atoms with van der Waals surface area (Å²) in [6.45, 7) is 5.65. The van der Waals surface area contributed by atoms with Crippen LogP contribution >= 0.6 is 0 Å². The quantitative estimate of drug-likeness (QED) is 0.757. The lowest BCUT2D eigenvalue weighted by Crippen LogP contribution is -2.32. The fourth-order valence-electron chi connectivity index (χ4n) is 2.39. The van der Waals surface area contributed by atoms with E-state index in [-0.39, 0.29) is 11.4 Å². The van der Waals surface area contributed by atoms with E-state index >= 15 is 0 Å². The lowest BCUT2D eigenvalue weighted by atomic mass is 10.2. The number of rotatable bonds is 8. The van der Waals surface area contributed by atoms with Gasteiger partial charge in [-0.05, 0) is 50.2 Å². The normalized spacial score (nSPS) is 11.1. The molecule has 0 unspecified atom stereocenters. The summed E-state index contributed by atoms with van der Waals surface area (Å²) >= 11 is 0. The summed E-state index contributed by atoms with van der Waals surface area (Å²) in [5, 5.41) is 2.68. The third-order valence-electron chi connectivity index (χ3n) is 3.76. The van der Waals surface area contributed by atoms with Crippen LogP contribution in [0.3, 0.4) is 0 Å². The van der Waals surface area contributed by atoms with Crippen LogP contribution in [-0.2, 0) is 14.8 Å². The standard InChI is InChI=1S/C18H23N3O3S/c1-3-21(4-2)16-12-10-15(11-13-16)20-18(22)14-19-25(23,24)17-8-6-5-7-9-17/h5-13,19H,3-4,14H2,1-2H3,(H,20,22). The van der Waals surface area contributed by atoms with Gasteiger partial charge in [-0.15, -0.1) is 0 Å². The lowest BCUT2D eigenvalue weighted by molar-refractivity contribution is -0.115. The molecule has 0 aliphatic rings. The van der Waals surface area contributed by atoms with E-state index in [1.807, 2.05) is 12.1 Å². The number of nitrogens with zero attached hydrogens (tertiary/aromatic N) is 1. The second-order valence-electron chi connectivity index (χ2n) is 5.40. The van der Waals surface area contributed by atoms with Gasteiger partial charge in [0, 0.05) is 24.5 Å². The third-order valence-corrected chi connectivity index (χ3v) is 5.17. The van der Waals surface area contributed by atoms with E-state index < -0.39 is 15.9 Å². The van der Waals surface area contributed by atoms with Gasteiger partial charge in [-0.2, -0.15) is 0 Å². The zero-order chi connectivity index (χ0) is 18.3. The molecule has 0 aliphatic heterocycles. The minimum absolute atomic E-state index is 0.131. The first-order valence-electron chi connectivity index (χ1n) is 8.16. The third kappa shape index (κ3) is 5.30. The first-order chi connectivity index (χ1) is 12.0. The fourth-order valence-corrected chi connectivity index (χ4v) is 3.40. The van der Waals surface area contributed by atoms with Crippen LogP contribution in [0.15, 0.2) is 59.5 Å². The molecule has 0 bridgehead atoms. The Morgan fingerprint density at radius 1 is 0.960 bits per heavy atom. The van der Waals surface area contributed by atoms with Crippen molar-refractivity contribution in [2.24, 2.45) is 0 Å². The highest BCUT2D eigenvalue weighted by Crippen LogP contribution is 2.17. The highest BCUT2D eigenvalue weighted by molar-refractivity contribution is 7.89. The molecule has 6 nitrogen and oxygen atoms in total. The van der Waals surface area contributed by atoms with E-state index in [1.165, 1.54) is 12.1 Å². The molecule has 0 aliphatic carbocycles. The molecule has 0 spiro atoms. The van der Waals surface area contributed by atoms with E-state index in [0.717, 1.165) is 18.8 Å². The van der Waals surface area contributed by atoms with Gasteiger partial charge in [0.05, 0.1) is 11.4 Å². The number of anilines is 2. The number of hydrogen-bond acceptors (Lipinski definition) is 4. The molecule has 0 atom stereocenters. The SMILES string of the molecule is CCN(CC)c1ccc(NC(=O)CNS(=O)(=O)c2ccccc2)cc1. The molecule has 2 N–H and O–H groups in total. The Kier molecular flexibility index (Phi) is 6.55. The Morgan fingerprint density at radius 3 is 2.12 bits per heavy atom. The Labute approximate surface area is 148 Å². The molecule has 2 aromatic rings. The van der Waals surface area contributed by atoms with Gasteiger partial charge in [0.25, 0.3) is 0 Å². The van der Waals surface area contributed by atoms with Crippen LogP contribution in [0.4, 0.5) is 11.4 Å². The molecule has 25 heavy (non-hydrogen) atoms. The summed E-state index contributed by atoms with van der Waals surface area (Å²) in [5.41, 5.74) is 1.70. The van der Waals surface area contributed by atoms with Crippen LogP contribution in [0.2, 0.25) is 0 Å². The molecule has 0 aromatic heterocycles. The number of sulfonamides is 1. The maximum atomic E-state index is 12.1. The highest BCUT2D eigenvalue weighted by Gasteiger charge is 2.15. The summed E-state index contributed by atoms with van der Waals surface area (Å²) in [6.07, 6.45) is 0. The molecule has 0 radical (unpaired) electrons. The van der Waals surface area contributed by atoms with Crippen LogP contribution in [-0.4, -0.2) is 34.0 Å².